The molecule has 8 nitrogen and oxygen atoms in total. The summed E-state index contributed by atoms with van der Waals surface area (Å²) in [6.07, 6.45) is 1.57. The van der Waals surface area contributed by atoms with E-state index >= 15 is 0 Å². The van der Waals surface area contributed by atoms with Crippen molar-refractivity contribution in [2.24, 2.45) is 5.41 Å². The number of hydrogen-bond donors (Lipinski definition) is 2. The second-order valence-corrected chi connectivity index (χ2v) is 10.4. The summed E-state index contributed by atoms with van der Waals surface area (Å²) in [6.45, 7) is 5.57. The van der Waals surface area contributed by atoms with Crippen molar-refractivity contribution < 1.29 is 22.7 Å². The monoisotopic (exact) mass is 470 g/mol. The van der Waals surface area contributed by atoms with Crippen LogP contribution in [0, 0.1) is 22.7 Å². The number of nitrogens with zero attached hydrogens (tertiary/aromatic N) is 3. The van der Waals surface area contributed by atoms with Crippen LogP contribution >= 0.6 is 0 Å². The van der Waals surface area contributed by atoms with Crippen LogP contribution in [0.4, 0.5) is 9.18 Å². The molecule has 0 saturated heterocycles. The molecule has 10 heteroatoms. The third-order valence-electron chi connectivity index (χ3n) is 5.18. The number of hydrogen-bond acceptors (Lipinski definition) is 5. The zero-order chi connectivity index (χ0) is 24.4. The Kier molecular flexibility index (Phi) is 6.56. The summed E-state index contributed by atoms with van der Waals surface area (Å²) in [4.78, 5) is 14.8. The van der Waals surface area contributed by atoms with Gasteiger partial charge in [-0.3, -0.25) is 0 Å². The van der Waals surface area contributed by atoms with E-state index in [4.69, 9.17) is 5.26 Å². The Balaban J connectivity index is 2.18. The van der Waals surface area contributed by atoms with E-state index in [9.17, 15) is 22.7 Å². The lowest BCUT2D eigenvalue weighted by Gasteiger charge is -2.30. The first kappa shape index (κ1) is 23.9. The van der Waals surface area contributed by atoms with Gasteiger partial charge in [-0.05, 0) is 53.8 Å². The van der Waals surface area contributed by atoms with Crippen molar-refractivity contribution in [3.63, 3.8) is 0 Å². The molecule has 1 unspecified atom stereocenters. The van der Waals surface area contributed by atoms with Crippen LogP contribution in [0.2, 0.25) is 0 Å². The zero-order valence-electron chi connectivity index (χ0n) is 18.3. The van der Waals surface area contributed by atoms with Crippen LogP contribution in [0.5, 0.6) is 0 Å². The van der Waals surface area contributed by atoms with Crippen molar-refractivity contribution in [3.05, 3.63) is 71.9 Å². The van der Waals surface area contributed by atoms with Crippen molar-refractivity contribution in [2.45, 2.75) is 38.1 Å². The first-order chi connectivity index (χ1) is 15.4. The van der Waals surface area contributed by atoms with Crippen LogP contribution in [-0.4, -0.2) is 34.6 Å². The quantitative estimate of drug-likeness (QED) is 0.524. The minimum atomic E-state index is -4.21. The lowest BCUT2D eigenvalue weighted by atomic mass is 9.83. The van der Waals surface area contributed by atoms with Gasteiger partial charge in [0.05, 0.1) is 27.8 Å². The number of carboxylic acid groups (broad SMARTS) is 1. The molecule has 1 aromatic carbocycles. The van der Waals surface area contributed by atoms with Crippen molar-refractivity contribution in [2.75, 3.05) is 0 Å². The number of nitriles is 1. The molecule has 2 aromatic heterocycles. The first-order valence-corrected chi connectivity index (χ1v) is 11.4. The number of amides is 1. The van der Waals surface area contributed by atoms with Crippen molar-refractivity contribution >= 4 is 16.1 Å². The summed E-state index contributed by atoms with van der Waals surface area (Å²) in [5, 5.41) is 20.9. The average Bonchev–Trinajstić information content (AvgIpc) is 3.17. The maximum atomic E-state index is 14.5. The van der Waals surface area contributed by atoms with Crippen LogP contribution < -0.4 is 5.32 Å². The maximum absolute atomic E-state index is 14.5. The lowest BCUT2D eigenvalue weighted by molar-refractivity contribution is 0.174. The summed E-state index contributed by atoms with van der Waals surface area (Å²) >= 11 is 0. The second-order valence-electron chi connectivity index (χ2n) is 8.59. The SMILES string of the molecule is CC(C)(C)C(Cc1cc(-c2cccnc2F)n(S(=O)(=O)c2cccc(C#N)c2)c1)NC(=O)O. The van der Waals surface area contributed by atoms with Crippen LogP contribution in [0.3, 0.4) is 0 Å². The molecule has 0 spiro atoms. The fourth-order valence-corrected chi connectivity index (χ4v) is 4.82. The van der Waals surface area contributed by atoms with Crippen molar-refractivity contribution in [1.82, 2.24) is 14.3 Å². The van der Waals surface area contributed by atoms with Crippen LogP contribution in [-0.2, 0) is 16.4 Å². The topological polar surface area (TPSA) is 125 Å². The molecule has 3 aromatic rings. The molecule has 0 saturated carbocycles. The molecule has 2 N–H and O–H groups in total. The second kappa shape index (κ2) is 9.03. The van der Waals surface area contributed by atoms with Crippen LogP contribution in [0.1, 0.15) is 31.9 Å². The Labute approximate surface area is 191 Å². The van der Waals surface area contributed by atoms with Gasteiger partial charge in [-0.2, -0.15) is 9.65 Å². The van der Waals surface area contributed by atoms with E-state index in [2.05, 4.69) is 10.3 Å². The minimum absolute atomic E-state index is 0.0257. The molecule has 0 bridgehead atoms. The normalized spacial score (nSPS) is 12.7. The van der Waals surface area contributed by atoms with Gasteiger partial charge >= 0.3 is 6.09 Å². The van der Waals surface area contributed by atoms with Crippen LogP contribution in [0.25, 0.3) is 11.3 Å². The minimum Gasteiger partial charge on any atom is -0.465 e. The third kappa shape index (κ3) is 5.21. The van der Waals surface area contributed by atoms with Gasteiger partial charge in [0.1, 0.15) is 0 Å². The highest BCUT2D eigenvalue weighted by Crippen LogP contribution is 2.31. The van der Waals surface area contributed by atoms with Crippen molar-refractivity contribution in [3.8, 4) is 17.3 Å². The number of nitrogens with one attached hydrogen (secondary N) is 1. The molecule has 1 amide bonds. The number of aromatic nitrogens is 2. The van der Waals surface area contributed by atoms with E-state index in [-0.39, 0.29) is 28.1 Å². The standard InChI is InChI=1S/C23H23FN4O4S/c1-23(2,3)20(27-22(29)30)12-16-11-19(18-8-5-9-26-21(18)24)28(14-16)33(31,32)17-7-4-6-15(10-17)13-25/h4-11,14,20,27H,12H2,1-3H3,(H,29,30). The number of halogens is 1. The number of carbonyl (C=O) groups is 1. The van der Waals surface area contributed by atoms with Gasteiger partial charge < -0.3 is 10.4 Å². The van der Waals surface area contributed by atoms with Gasteiger partial charge in [-0.15, -0.1) is 0 Å². The van der Waals surface area contributed by atoms with Gasteiger partial charge in [-0.1, -0.05) is 26.8 Å². The lowest BCUT2D eigenvalue weighted by Crippen LogP contribution is -2.44. The van der Waals surface area contributed by atoms with Gasteiger partial charge in [0, 0.05) is 18.4 Å². The van der Waals surface area contributed by atoms with Crippen molar-refractivity contribution in [1.29, 1.82) is 5.26 Å². The fraction of sp³-hybridized carbons (Fsp3) is 0.261. The van der Waals surface area contributed by atoms with E-state index in [0.717, 1.165) is 3.97 Å². The largest absolute Gasteiger partial charge is 0.465 e. The number of pyridine rings is 1. The van der Waals surface area contributed by atoms with E-state index < -0.39 is 33.5 Å². The Bertz CT molecular complexity index is 1340. The highest BCUT2D eigenvalue weighted by atomic mass is 32.2. The Hall–Kier alpha value is -3.71. The smallest absolute Gasteiger partial charge is 0.404 e. The van der Waals surface area contributed by atoms with Gasteiger partial charge in [0.2, 0.25) is 5.95 Å². The van der Waals surface area contributed by atoms with Gasteiger partial charge in [0.15, 0.2) is 0 Å². The summed E-state index contributed by atoms with van der Waals surface area (Å²) < 4.78 is 42.5. The summed E-state index contributed by atoms with van der Waals surface area (Å²) in [5.74, 6) is -0.847. The maximum Gasteiger partial charge on any atom is 0.404 e. The predicted molar refractivity (Wildman–Crippen MR) is 119 cm³/mol. The van der Waals surface area contributed by atoms with E-state index in [0.29, 0.717) is 5.56 Å². The molecule has 0 aliphatic carbocycles. The Morgan fingerprint density at radius 2 is 2.00 bits per heavy atom. The van der Waals surface area contributed by atoms with Crippen LogP contribution in [0.15, 0.2) is 59.8 Å². The Morgan fingerprint density at radius 3 is 2.61 bits per heavy atom. The number of benzene rings is 1. The van der Waals surface area contributed by atoms with E-state index in [1.807, 2.05) is 26.8 Å². The van der Waals surface area contributed by atoms with E-state index in [1.165, 1.54) is 54.9 Å². The predicted octanol–water partition coefficient (Wildman–Crippen LogP) is 4.02. The summed E-state index contributed by atoms with van der Waals surface area (Å²) in [6, 6.07) is 11.3. The van der Waals surface area contributed by atoms with Gasteiger partial charge in [-0.25, -0.2) is 22.2 Å². The Morgan fingerprint density at radius 1 is 1.27 bits per heavy atom. The zero-order valence-corrected chi connectivity index (χ0v) is 19.1. The molecule has 0 aliphatic rings. The highest BCUT2D eigenvalue weighted by Gasteiger charge is 2.29. The summed E-state index contributed by atoms with van der Waals surface area (Å²) in [5.41, 5.74) is 0.196. The molecule has 172 valence electrons. The molecule has 2 heterocycles. The molecular formula is C23H23FN4O4S. The first-order valence-electron chi connectivity index (χ1n) is 10.0. The fourth-order valence-electron chi connectivity index (χ4n) is 3.38. The number of rotatable bonds is 6. The molecular weight excluding hydrogens is 447 g/mol. The van der Waals surface area contributed by atoms with E-state index in [1.54, 1.807) is 0 Å². The molecule has 3 rings (SSSR count). The van der Waals surface area contributed by atoms with Gasteiger partial charge in [0.25, 0.3) is 10.0 Å². The molecule has 1 atom stereocenters. The third-order valence-corrected chi connectivity index (χ3v) is 6.85. The molecule has 0 aliphatic heterocycles. The highest BCUT2D eigenvalue weighted by molar-refractivity contribution is 7.90. The molecule has 33 heavy (non-hydrogen) atoms. The molecule has 0 fully saturated rings. The average molecular weight is 471 g/mol. The molecule has 0 radical (unpaired) electrons. The summed E-state index contributed by atoms with van der Waals surface area (Å²) in [7, 11) is -4.21.